The minimum absolute atomic E-state index is 0.0684. The molecule has 0 unspecified atom stereocenters. The highest BCUT2D eigenvalue weighted by Crippen LogP contribution is 2.20. The van der Waals surface area contributed by atoms with E-state index >= 15 is 0 Å². The van der Waals surface area contributed by atoms with Crippen LogP contribution in [-0.2, 0) is 0 Å². The lowest BCUT2D eigenvalue weighted by molar-refractivity contribution is -0.384. The fraction of sp³-hybridized carbons (Fsp3) is 0.357. The van der Waals surface area contributed by atoms with Gasteiger partial charge in [0.15, 0.2) is 0 Å². The number of hydrogen-bond acceptors (Lipinski definition) is 4. The minimum Gasteiger partial charge on any atom is -0.364 e. The van der Waals surface area contributed by atoms with Crippen LogP contribution < -0.4 is 5.32 Å². The van der Waals surface area contributed by atoms with Crippen molar-refractivity contribution in [2.45, 2.75) is 33.2 Å². The van der Waals surface area contributed by atoms with E-state index in [0.29, 0.717) is 0 Å². The second-order valence-corrected chi connectivity index (χ2v) is 5.73. The van der Waals surface area contributed by atoms with Crippen LogP contribution in [0.25, 0.3) is 5.69 Å². The quantitative estimate of drug-likeness (QED) is 0.688. The molecule has 0 spiro atoms. The van der Waals surface area contributed by atoms with Gasteiger partial charge in [-0.1, -0.05) is 0 Å². The predicted molar refractivity (Wildman–Crippen MR) is 78.3 cm³/mol. The average Bonchev–Trinajstić information content (AvgIpc) is 2.67. The summed E-state index contributed by atoms with van der Waals surface area (Å²) in [5.74, 6) is 0.786. The highest BCUT2D eigenvalue weighted by Gasteiger charge is 2.14. The summed E-state index contributed by atoms with van der Waals surface area (Å²) in [6, 6.07) is 8.30. The van der Waals surface area contributed by atoms with Gasteiger partial charge in [0.25, 0.3) is 5.69 Å². The third-order valence-corrected chi connectivity index (χ3v) is 2.70. The molecule has 0 fully saturated rings. The largest absolute Gasteiger partial charge is 0.364 e. The second kappa shape index (κ2) is 4.96. The van der Waals surface area contributed by atoms with Gasteiger partial charge in [-0.15, -0.1) is 0 Å². The van der Waals surface area contributed by atoms with E-state index in [1.54, 1.807) is 16.8 Å². The van der Waals surface area contributed by atoms with Crippen molar-refractivity contribution in [2.75, 3.05) is 5.32 Å². The van der Waals surface area contributed by atoms with Gasteiger partial charge in [0, 0.05) is 29.4 Å². The predicted octanol–water partition coefficient (Wildman–Crippen LogP) is 3.30. The van der Waals surface area contributed by atoms with Crippen LogP contribution in [0.5, 0.6) is 0 Å². The fourth-order valence-electron chi connectivity index (χ4n) is 1.90. The first-order valence-corrected chi connectivity index (χ1v) is 6.36. The summed E-state index contributed by atoms with van der Waals surface area (Å²) >= 11 is 0. The first-order chi connectivity index (χ1) is 9.26. The number of nitrogens with zero attached hydrogens (tertiary/aromatic N) is 3. The van der Waals surface area contributed by atoms with Crippen molar-refractivity contribution < 1.29 is 4.92 Å². The molecule has 1 aromatic heterocycles. The Morgan fingerprint density at radius 1 is 1.25 bits per heavy atom. The molecule has 0 atom stereocenters. The van der Waals surface area contributed by atoms with E-state index < -0.39 is 4.92 Å². The number of benzene rings is 1. The van der Waals surface area contributed by atoms with Crippen LogP contribution in [0, 0.1) is 17.0 Å². The van der Waals surface area contributed by atoms with E-state index in [2.05, 4.69) is 31.2 Å². The van der Waals surface area contributed by atoms with Gasteiger partial charge in [-0.3, -0.25) is 10.1 Å². The minimum atomic E-state index is -0.410. The molecule has 0 aliphatic heterocycles. The molecule has 0 saturated heterocycles. The summed E-state index contributed by atoms with van der Waals surface area (Å²) in [7, 11) is 0. The van der Waals surface area contributed by atoms with Gasteiger partial charge in [-0.05, 0) is 39.8 Å². The number of aryl methyl sites for hydroxylation is 1. The van der Waals surface area contributed by atoms with Crippen LogP contribution in [0.4, 0.5) is 11.5 Å². The Balaban J connectivity index is 2.31. The van der Waals surface area contributed by atoms with Crippen molar-refractivity contribution in [1.82, 2.24) is 9.78 Å². The van der Waals surface area contributed by atoms with E-state index in [0.717, 1.165) is 17.2 Å². The molecule has 1 heterocycles. The number of anilines is 1. The summed E-state index contributed by atoms with van der Waals surface area (Å²) in [6.07, 6.45) is 0. The number of aromatic nitrogens is 2. The Bertz CT molecular complexity index is 624. The summed E-state index contributed by atoms with van der Waals surface area (Å²) in [6.45, 7) is 8.13. The first kappa shape index (κ1) is 14.0. The monoisotopic (exact) mass is 274 g/mol. The number of nitro groups is 1. The molecule has 6 nitrogen and oxygen atoms in total. The van der Waals surface area contributed by atoms with Crippen molar-refractivity contribution in [3.05, 3.63) is 46.1 Å². The number of non-ortho nitro benzene ring substituents is 1. The van der Waals surface area contributed by atoms with Crippen molar-refractivity contribution in [2.24, 2.45) is 0 Å². The molecule has 106 valence electrons. The van der Waals surface area contributed by atoms with Gasteiger partial charge in [-0.25, -0.2) is 4.68 Å². The van der Waals surface area contributed by atoms with Crippen LogP contribution >= 0.6 is 0 Å². The SMILES string of the molecule is Cc1cc(NC(C)(C)C)nn1-c1ccc([N+](=O)[O-])cc1. The molecule has 6 heteroatoms. The lowest BCUT2D eigenvalue weighted by Gasteiger charge is -2.19. The zero-order valence-electron chi connectivity index (χ0n) is 12.0. The molecule has 0 saturated carbocycles. The molecule has 20 heavy (non-hydrogen) atoms. The van der Waals surface area contributed by atoms with Gasteiger partial charge in [0.2, 0.25) is 0 Å². The molecular weight excluding hydrogens is 256 g/mol. The van der Waals surface area contributed by atoms with Crippen molar-refractivity contribution in [3.63, 3.8) is 0 Å². The van der Waals surface area contributed by atoms with Gasteiger partial charge < -0.3 is 5.32 Å². The molecule has 2 rings (SSSR count). The van der Waals surface area contributed by atoms with E-state index in [4.69, 9.17) is 0 Å². The van der Waals surface area contributed by atoms with Crippen LogP contribution in [-0.4, -0.2) is 20.2 Å². The van der Waals surface area contributed by atoms with Crippen LogP contribution in [0.2, 0.25) is 0 Å². The highest BCUT2D eigenvalue weighted by molar-refractivity contribution is 5.45. The van der Waals surface area contributed by atoms with E-state index in [1.165, 1.54) is 12.1 Å². The normalized spacial score (nSPS) is 11.4. The molecule has 0 bridgehead atoms. The van der Waals surface area contributed by atoms with Crippen LogP contribution in [0.3, 0.4) is 0 Å². The van der Waals surface area contributed by atoms with Crippen LogP contribution in [0.1, 0.15) is 26.5 Å². The zero-order chi connectivity index (χ0) is 14.9. The summed E-state index contributed by atoms with van der Waals surface area (Å²) in [4.78, 5) is 10.2. The maximum absolute atomic E-state index is 10.6. The smallest absolute Gasteiger partial charge is 0.269 e. The Morgan fingerprint density at radius 3 is 2.35 bits per heavy atom. The Labute approximate surface area is 117 Å². The maximum atomic E-state index is 10.6. The number of nitro benzene ring substituents is 1. The molecule has 0 amide bonds. The number of hydrogen-bond donors (Lipinski definition) is 1. The van der Waals surface area contributed by atoms with Crippen molar-refractivity contribution >= 4 is 11.5 Å². The molecule has 1 N–H and O–H groups in total. The average molecular weight is 274 g/mol. The van der Waals surface area contributed by atoms with Gasteiger partial charge in [-0.2, -0.15) is 5.10 Å². The molecule has 0 aliphatic carbocycles. The highest BCUT2D eigenvalue weighted by atomic mass is 16.6. The third kappa shape index (κ3) is 3.14. The first-order valence-electron chi connectivity index (χ1n) is 6.36. The Morgan fingerprint density at radius 2 is 1.85 bits per heavy atom. The Hall–Kier alpha value is -2.37. The maximum Gasteiger partial charge on any atom is 0.269 e. The second-order valence-electron chi connectivity index (χ2n) is 5.73. The summed E-state index contributed by atoms with van der Waals surface area (Å²) in [5, 5.41) is 18.4. The number of rotatable bonds is 3. The van der Waals surface area contributed by atoms with Gasteiger partial charge in [0.05, 0.1) is 10.6 Å². The number of nitrogens with one attached hydrogen (secondary N) is 1. The van der Waals surface area contributed by atoms with E-state index in [1.807, 2.05) is 13.0 Å². The topological polar surface area (TPSA) is 73.0 Å². The fourth-order valence-corrected chi connectivity index (χ4v) is 1.90. The van der Waals surface area contributed by atoms with Gasteiger partial charge in [0.1, 0.15) is 5.82 Å². The van der Waals surface area contributed by atoms with E-state index in [-0.39, 0.29) is 11.2 Å². The lowest BCUT2D eigenvalue weighted by Crippen LogP contribution is -2.26. The molecule has 2 aromatic rings. The Kier molecular flexibility index (Phi) is 3.48. The molecule has 0 aliphatic rings. The standard InChI is InChI=1S/C14H18N4O2/c1-10-9-13(15-14(2,3)4)16-17(10)11-5-7-12(8-6-11)18(19)20/h5-9H,1-4H3,(H,15,16). The van der Waals surface area contributed by atoms with Gasteiger partial charge >= 0.3 is 0 Å². The summed E-state index contributed by atoms with van der Waals surface area (Å²) < 4.78 is 1.76. The van der Waals surface area contributed by atoms with Crippen molar-refractivity contribution in [3.8, 4) is 5.69 Å². The zero-order valence-corrected chi connectivity index (χ0v) is 12.0. The van der Waals surface area contributed by atoms with E-state index in [9.17, 15) is 10.1 Å². The molecule has 1 aromatic carbocycles. The summed E-state index contributed by atoms with van der Waals surface area (Å²) in [5.41, 5.74) is 1.77. The molecule has 0 radical (unpaired) electrons. The lowest BCUT2D eigenvalue weighted by atomic mass is 10.1. The third-order valence-electron chi connectivity index (χ3n) is 2.70. The van der Waals surface area contributed by atoms with Crippen LogP contribution in [0.15, 0.2) is 30.3 Å². The van der Waals surface area contributed by atoms with Crippen molar-refractivity contribution in [1.29, 1.82) is 0 Å². The molecular formula is C14H18N4O2.